The molecule has 1 unspecified atom stereocenters. The van der Waals surface area contributed by atoms with Gasteiger partial charge in [0.2, 0.25) is 10.0 Å². The zero-order valence-electron chi connectivity index (χ0n) is 11.8. The minimum Gasteiger partial charge on any atom is -0.465 e. The molecule has 0 saturated carbocycles. The van der Waals surface area contributed by atoms with Gasteiger partial charge >= 0.3 is 5.97 Å². The number of sulfonamides is 1. The molecule has 0 spiro atoms. The average Bonchev–Trinajstić information content (AvgIpc) is 2.43. The maximum Gasteiger partial charge on any atom is 0.337 e. The number of esters is 1. The first-order chi connectivity index (χ1) is 9.31. The summed E-state index contributed by atoms with van der Waals surface area (Å²) in [7, 11) is -2.38. The fraction of sp³-hybridized carbons (Fsp3) is 0.462. The first-order valence-corrected chi connectivity index (χ1v) is 7.71. The van der Waals surface area contributed by atoms with Crippen molar-refractivity contribution in [2.24, 2.45) is 11.7 Å². The number of hydrogen-bond donors (Lipinski definition) is 2. The third kappa shape index (κ3) is 4.03. The molecule has 0 saturated heterocycles. The van der Waals surface area contributed by atoms with Gasteiger partial charge in [-0.05, 0) is 30.2 Å². The monoisotopic (exact) mass is 300 g/mol. The molecule has 20 heavy (non-hydrogen) atoms. The Labute approximate surface area is 119 Å². The van der Waals surface area contributed by atoms with E-state index in [2.05, 4.69) is 9.46 Å². The lowest BCUT2D eigenvalue weighted by Gasteiger charge is -2.20. The van der Waals surface area contributed by atoms with Crippen LogP contribution in [-0.4, -0.2) is 34.1 Å². The highest BCUT2D eigenvalue weighted by molar-refractivity contribution is 7.89. The van der Waals surface area contributed by atoms with Gasteiger partial charge in [0, 0.05) is 12.6 Å². The Morgan fingerprint density at radius 2 is 1.85 bits per heavy atom. The van der Waals surface area contributed by atoms with Crippen molar-refractivity contribution < 1.29 is 17.9 Å². The number of hydrogen-bond acceptors (Lipinski definition) is 5. The van der Waals surface area contributed by atoms with Gasteiger partial charge in [-0.15, -0.1) is 0 Å². The Balaban J connectivity index is 2.96. The SMILES string of the molecule is COC(=O)c1ccc(S(=O)(=O)NC(CN)C(C)C)cc1. The minimum absolute atomic E-state index is 0.0871. The molecular weight excluding hydrogens is 280 g/mol. The van der Waals surface area contributed by atoms with Crippen LogP contribution in [0.1, 0.15) is 24.2 Å². The van der Waals surface area contributed by atoms with Crippen molar-refractivity contribution in [3.05, 3.63) is 29.8 Å². The van der Waals surface area contributed by atoms with E-state index >= 15 is 0 Å². The predicted octanol–water partition coefficient (Wildman–Crippen LogP) is 0.735. The van der Waals surface area contributed by atoms with E-state index in [1.165, 1.54) is 31.4 Å². The van der Waals surface area contributed by atoms with Crippen molar-refractivity contribution in [3.63, 3.8) is 0 Å². The van der Waals surface area contributed by atoms with Gasteiger partial charge < -0.3 is 10.5 Å². The summed E-state index contributed by atoms with van der Waals surface area (Å²) < 4.78 is 31.5. The maximum absolute atomic E-state index is 12.2. The lowest BCUT2D eigenvalue weighted by atomic mass is 10.1. The van der Waals surface area contributed by atoms with E-state index in [9.17, 15) is 13.2 Å². The summed E-state index contributed by atoms with van der Waals surface area (Å²) in [5, 5.41) is 0. The lowest BCUT2D eigenvalue weighted by Crippen LogP contribution is -2.43. The summed E-state index contributed by atoms with van der Waals surface area (Å²) in [4.78, 5) is 11.4. The second kappa shape index (κ2) is 6.83. The average molecular weight is 300 g/mol. The smallest absolute Gasteiger partial charge is 0.337 e. The molecule has 112 valence electrons. The Kier molecular flexibility index (Phi) is 5.67. The minimum atomic E-state index is -3.65. The van der Waals surface area contributed by atoms with E-state index in [0.717, 1.165) is 0 Å². The van der Waals surface area contributed by atoms with Crippen LogP contribution in [0.2, 0.25) is 0 Å². The van der Waals surface area contributed by atoms with Gasteiger partial charge in [0.15, 0.2) is 0 Å². The van der Waals surface area contributed by atoms with Crippen molar-refractivity contribution in [1.29, 1.82) is 0 Å². The van der Waals surface area contributed by atoms with Crippen LogP contribution in [0.25, 0.3) is 0 Å². The Morgan fingerprint density at radius 3 is 2.25 bits per heavy atom. The number of benzene rings is 1. The number of rotatable bonds is 6. The van der Waals surface area contributed by atoms with E-state index in [4.69, 9.17) is 5.73 Å². The quantitative estimate of drug-likeness (QED) is 0.755. The molecule has 0 fully saturated rings. The summed E-state index contributed by atoms with van der Waals surface area (Å²) in [6.45, 7) is 4.00. The van der Waals surface area contributed by atoms with Gasteiger partial charge in [-0.3, -0.25) is 0 Å². The fourth-order valence-corrected chi connectivity index (χ4v) is 3.01. The highest BCUT2D eigenvalue weighted by Gasteiger charge is 2.21. The van der Waals surface area contributed by atoms with Crippen LogP contribution in [0.4, 0.5) is 0 Å². The first kappa shape index (κ1) is 16.6. The summed E-state index contributed by atoms with van der Waals surface area (Å²) in [6.07, 6.45) is 0. The zero-order valence-corrected chi connectivity index (χ0v) is 12.6. The van der Waals surface area contributed by atoms with Crippen molar-refractivity contribution in [1.82, 2.24) is 4.72 Å². The molecule has 0 aliphatic heterocycles. The molecule has 0 aliphatic rings. The van der Waals surface area contributed by atoms with Crippen LogP contribution in [-0.2, 0) is 14.8 Å². The number of carbonyl (C=O) groups is 1. The number of methoxy groups -OCH3 is 1. The van der Waals surface area contributed by atoms with Gasteiger partial charge in [-0.2, -0.15) is 0 Å². The topological polar surface area (TPSA) is 98.5 Å². The number of ether oxygens (including phenoxy) is 1. The predicted molar refractivity (Wildman–Crippen MR) is 75.8 cm³/mol. The van der Waals surface area contributed by atoms with Crippen LogP contribution < -0.4 is 10.5 Å². The fourth-order valence-electron chi connectivity index (χ4n) is 1.61. The molecule has 0 heterocycles. The van der Waals surface area contributed by atoms with E-state index < -0.39 is 16.0 Å². The molecule has 1 rings (SSSR count). The molecule has 0 aliphatic carbocycles. The molecule has 0 radical (unpaired) electrons. The van der Waals surface area contributed by atoms with E-state index in [1.807, 2.05) is 13.8 Å². The van der Waals surface area contributed by atoms with Gasteiger partial charge in [0.25, 0.3) is 0 Å². The van der Waals surface area contributed by atoms with Crippen LogP contribution in [0.5, 0.6) is 0 Å². The standard InChI is InChI=1S/C13H20N2O4S/c1-9(2)12(8-14)15-20(17,18)11-6-4-10(5-7-11)13(16)19-3/h4-7,9,12,15H,8,14H2,1-3H3. The van der Waals surface area contributed by atoms with Gasteiger partial charge in [-0.1, -0.05) is 13.8 Å². The summed E-state index contributed by atoms with van der Waals surface area (Å²) in [5.74, 6) is -0.423. The second-order valence-electron chi connectivity index (χ2n) is 4.72. The van der Waals surface area contributed by atoms with Crippen LogP contribution >= 0.6 is 0 Å². The van der Waals surface area contributed by atoms with Gasteiger partial charge in [0.1, 0.15) is 0 Å². The van der Waals surface area contributed by atoms with Crippen LogP contribution in [0.15, 0.2) is 29.2 Å². The largest absolute Gasteiger partial charge is 0.465 e. The zero-order chi connectivity index (χ0) is 15.3. The van der Waals surface area contributed by atoms with Crippen molar-refractivity contribution in [2.45, 2.75) is 24.8 Å². The summed E-state index contributed by atoms with van der Waals surface area (Å²) in [5.41, 5.74) is 5.85. The van der Waals surface area contributed by atoms with Crippen molar-refractivity contribution >= 4 is 16.0 Å². The van der Waals surface area contributed by atoms with Crippen LogP contribution in [0.3, 0.4) is 0 Å². The normalized spacial score (nSPS) is 13.2. The molecule has 1 atom stereocenters. The molecule has 1 aromatic rings. The van der Waals surface area contributed by atoms with Crippen LogP contribution in [0, 0.1) is 5.92 Å². The van der Waals surface area contributed by atoms with E-state index in [0.29, 0.717) is 5.56 Å². The van der Waals surface area contributed by atoms with Crippen molar-refractivity contribution in [3.8, 4) is 0 Å². The van der Waals surface area contributed by atoms with E-state index in [1.54, 1.807) is 0 Å². The number of nitrogens with one attached hydrogen (secondary N) is 1. The number of carbonyl (C=O) groups excluding carboxylic acids is 1. The van der Waals surface area contributed by atoms with Gasteiger partial charge in [0.05, 0.1) is 17.6 Å². The third-order valence-electron chi connectivity index (χ3n) is 2.95. The third-order valence-corrected chi connectivity index (χ3v) is 4.46. The molecule has 0 aromatic heterocycles. The van der Waals surface area contributed by atoms with Gasteiger partial charge in [-0.25, -0.2) is 17.9 Å². The second-order valence-corrected chi connectivity index (χ2v) is 6.44. The highest BCUT2D eigenvalue weighted by Crippen LogP contribution is 2.13. The summed E-state index contributed by atoms with van der Waals surface area (Å²) in [6, 6.07) is 5.21. The Hall–Kier alpha value is -1.44. The first-order valence-electron chi connectivity index (χ1n) is 6.22. The molecule has 0 amide bonds. The number of nitrogens with two attached hydrogens (primary N) is 1. The molecule has 0 bridgehead atoms. The molecule has 7 heteroatoms. The Bertz CT molecular complexity index is 552. The van der Waals surface area contributed by atoms with Crippen molar-refractivity contribution in [2.75, 3.05) is 13.7 Å². The maximum atomic E-state index is 12.2. The molecule has 3 N–H and O–H groups in total. The summed E-state index contributed by atoms with van der Waals surface area (Å²) >= 11 is 0. The molecular formula is C13H20N2O4S. The highest BCUT2D eigenvalue weighted by atomic mass is 32.2. The lowest BCUT2D eigenvalue weighted by molar-refractivity contribution is 0.0600. The molecule has 1 aromatic carbocycles. The Morgan fingerprint density at radius 1 is 1.30 bits per heavy atom. The molecule has 6 nitrogen and oxygen atoms in total. The van der Waals surface area contributed by atoms with E-state index in [-0.39, 0.29) is 23.4 Å².